The number of para-hydroxylation sites is 1. The summed E-state index contributed by atoms with van der Waals surface area (Å²) in [6.07, 6.45) is 0.370. The lowest BCUT2D eigenvalue weighted by Crippen LogP contribution is -2.00. The summed E-state index contributed by atoms with van der Waals surface area (Å²) in [6, 6.07) is 4.19. The van der Waals surface area contributed by atoms with E-state index in [0.29, 0.717) is 12.0 Å². The van der Waals surface area contributed by atoms with Crippen LogP contribution < -0.4 is 0 Å². The third-order valence-corrected chi connectivity index (χ3v) is 2.74. The lowest BCUT2D eigenvalue weighted by molar-refractivity contribution is 0.439. The highest BCUT2D eigenvalue weighted by Crippen LogP contribution is 2.27. The normalized spacial score (nSPS) is 11.3. The van der Waals surface area contributed by atoms with E-state index in [9.17, 15) is 13.5 Å². The molecule has 0 saturated heterocycles. The number of hydrogen-bond donors (Lipinski definition) is 2. The van der Waals surface area contributed by atoms with Gasteiger partial charge in [-0.1, -0.05) is 24.3 Å². The van der Waals surface area contributed by atoms with Crippen LogP contribution in [-0.4, -0.2) is 18.1 Å². The third-order valence-electron chi connectivity index (χ3n) is 1.85. The summed E-state index contributed by atoms with van der Waals surface area (Å²) >= 11 is 0. The number of aromatic hydroxyl groups is 1. The molecule has 0 amide bonds. The van der Waals surface area contributed by atoms with E-state index in [2.05, 4.69) is 6.58 Å². The van der Waals surface area contributed by atoms with E-state index in [0.717, 1.165) is 11.6 Å². The molecule has 1 rings (SSSR count). The van der Waals surface area contributed by atoms with Gasteiger partial charge in [-0.05, 0) is 25.0 Å². The van der Waals surface area contributed by atoms with E-state index in [-0.39, 0.29) is 0 Å². The van der Waals surface area contributed by atoms with Crippen LogP contribution >= 0.6 is 0 Å². The van der Waals surface area contributed by atoms with Crippen LogP contribution in [0.15, 0.2) is 35.2 Å². The largest absolute Gasteiger partial charge is 0.506 e. The molecule has 82 valence electrons. The fraction of sp³-hybridized carbons (Fsp3) is 0.200. The van der Waals surface area contributed by atoms with Crippen LogP contribution in [-0.2, 0) is 16.5 Å². The topological polar surface area (TPSA) is 74.6 Å². The molecule has 0 aromatic heterocycles. The van der Waals surface area contributed by atoms with Gasteiger partial charge < -0.3 is 5.11 Å². The van der Waals surface area contributed by atoms with Crippen molar-refractivity contribution in [3.63, 3.8) is 0 Å². The van der Waals surface area contributed by atoms with Crippen molar-refractivity contribution in [1.29, 1.82) is 0 Å². The first kappa shape index (κ1) is 11.7. The van der Waals surface area contributed by atoms with Crippen LogP contribution in [0.5, 0.6) is 5.75 Å². The predicted octanol–water partition coefficient (Wildman–Crippen LogP) is 1.76. The van der Waals surface area contributed by atoms with Crippen molar-refractivity contribution in [3.05, 3.63) is 35.9 Å². The van der Waals surface area contributed by atoms with Crippen LogP contribution in [0.1, 0.15) is 12.5 Å². The van der Waals surface area contributed by atoms with Gasteiger partial charge in [-0.25, -0.2) is 0 Å². The van der Waals surface area contributed by atoms with Gasteiger partial charge in [-0.2, -0.15) is 8.42 Å². The summed E-state index contributed by atoms with van der Waals surface area (Å²) in [5.41, 5.74) is 1.22. The molecule has 0 aliphatic carbocycles. The molecule has 4 nitrogen and oxygen atoms in total. The molecule has 0 heterocycles. The van der Waals surface area contributed by atoms with Crippen LogP contribution in [0.4, 0.5) is 0 Å². The number of hydrogen-bond acceptors (Lipinski definition) is 3. The van der Waals surface area contributed by atoms with Crippen molar-refractivity contribution in [2.45, 2.75) is 18.2 Å². The van der Waals surface area contributed by atoms with E-state index in [1.807, 2.05) is 0 Å². The number of rotatable bonds is 3. The number of allylic oxidation sites excluding steroid dienone is 1. The van der Waals surface area contributed by atoms with Gasteiger partial charge in [0.2, 0.25) is 0 Å². The first-order valence-electron chi connectivity index (χ1n) is 4.25. The number of phenolic OH excluding ortho intramolecular Hbond substituents is 1. The minimum absolute atomic E-state index is 0.370. The van der Waals surface area contributed by atoms with Gasteiger partial charge in [0.15, 0.2) is 0 Å². The molecule has 0 atom stereocenters. The molecule has 0 unspecified atom stereocenters. The Morgan fingerprint density at radius 3 is 2.53 bits per heavy atom. The molecule has 0 saturated carbocycles. The van der Waals surface area contributed by atoms with Crippen molar-refractivity contribution in [1.82, 2.24) is 0 Å². The summed E-state index contributed by atoms with van der Waals surface area (Å²) in [5.74, 6) is -0.414. The van der Waals surface area contributed by atoms with E-state index in [1.165, 1.54) is 6.07 Å². The van der Waals surface area contributed by atoms with Gasteiger partial charge in [-0.3, -0.25) is 4.55 Å². The second-order valence-electron chi connectivity index (χ2n) is 3.37. The molecule has 5 heteroatoms. The summed E-state index contributed by atoms with van der Waals surface area (Å²) in [6.45, 7) is 5.42. The summed E-state index contributed by atoms with van der Waals surface area (Å²) in [7, 11) is -4.37. The Morgan fingerprint density at radius 2 is 2.07 bits per heavy atom. The SMILES string of the molecule is C=C(C)Cc1cccc(S(=O)(=O)O)c1O. The standard InChI is InChI=1S/C10H12O4S/c1-7(2)6-8-4-3-5-9(10(8)11)15(12,13)14/h3-5,11H,1,6H2,2H3,(H,12,13,14). The Balaban J connectivity index is 3.30. The zero-order valence-electron chi connectivity index (χ0n) is 8.27. The number of phenols is 1. The first-order valence-corrected chi connectivity index (χ1v) is 5.69. The maximum atomic E-state index is 10.9. The average molecular weight is 228 g/mol. The maximum absolute atomic E-state index is 10.9. The first-order chi connectivity index (χ1) is 6.82. The van der Waals surface area contributed by atoms with Crippen molar-refractivity contribution in [2.75, 3.05) is 0 Å². The van der Waals surface area contributed by atoms with Gasteiger partial charge in [0.25, 0.3) is 10.1 Å². The molecule has 0 spiro atoms. The average Bonchev–Trinajstić information content (AvgIpc) is 2.05. The summed E-state index contributed by atoms with van der Waals surface area (Å²) < 4.78 is 30.5. The van der Waals surface area contributed by atoms with Crippen molar-refractivity contribution >= 4 is 10.1 Å². The minimum Gasteiger partial charge on any atom is -0.506 e. The Morgan fingerprint density at radius 1 is 1.47 bits per heavy atom. The predicted molar refractivity (Wildman–Crippen MR) is 56.4 cm³/mol. The monoisotopic (exact) mass is 228 g/mol. The van der Waals surface area contributed by atoms with E-state index in [4.69, 9.17) is 4.55 Å². The van der Waals surface area contributed by atoms with Gasteiger partial charge in [-0.15, -0.1) is 0 Å². The van der Waals surface area contributed by atoms with Gasteiger partial charge in [0.1, 0.15) is 10.6 Å². The molecule has 0 aliphatic heterocycles. The van der Waals surface area contributed by atoms with Gasteiger partial charge in [0, 0.05) is 0 Å². The highest BCUT2D eigenvalue weighted by atomic mass is 32.2. The molecule has 0 radical (unpaired) electrons. The molecule has 1 aromatic carbocycles. The zero-order valence-corrected chi connectivity index (χ0v) is 9.08. The molecular formula is C10H12O4S. The molecule has 0 aliphatic rings. The number of benzene rings is 1. The van der Waals surface area contributed by atoms with Crippen molar-refractivity contribution in [3.8, 4) is 5.75 Å². The van der Waals surface area contributed by atoms with E-state index < -0.39 is 20.8 Å². The molecule has 0 fully saturated rings. The quantitative estimate of drug-likeness (QED) is 0.610. The van der Waals surface area contributed by atoms with Crippen molar-refractivity contribution in [2.24, 2.45) is 0 Å². The highest BCUT2D eigenvalue weighted by molar-refractivity contribution is 7.86. The Hall–Kier alpha value is -1.33. The molecule has 1 aromatic rings. The second kappa shape index (κ2) is 4.04. The molecular weight excluding hydrogens is 216 g/mol. The minimum atomic E-state index is -4.37. The van der Waals surface area contributed by atoms with Crippen LogP contribution in [0, 0.1) is 0 Å². The third kappa shape index (κ3) is 2.81. The van der Waals surface area contributed by atoms with E-state index in [1.54, 1.807) is 13.0 Å². The Bertz CT molecular complexity index is 488. The van der Waals surface area contributed by atoms with Gasteiger partial charge >= 0.3 is 0 Å². The summed E-state index contributed by atoms with van der Waals surface area (Å²) in [5, 5.41) is 9.59. The smallest absolute Gasteiger partial charge is 0.298 e. The molecule has 0 bridgehead atoms. The van der Waals surface area contributed by atoms with Crippen LogP contribution in [0.2, 0.25) is 0 Å². The fourth-order valence-corrected chi connectivity index (χ4v) is 1.87. The lowest BCUT2D eigenvalue weighted by Gasteiger charge is -2.07. The molecule has 15 heavy (non-hydrogen) atoms. The van der Waals surface area contributed by atoms with Crippen LogP contribution in [0.25, 0.3) is 0 Å². The maximum Gasteiger partial charge on any atom is 0.298 e. The Labute approximate surface area is 88.6 Å². The van der Waals surface area contributed by atoms with Crippen LogP contribution in [0.3, 0.4) is 0 Å². The Kier molecular flexibility index (Phi) is 3.16. The highest BCUT2D eigenvalue weighted by Gasteiger charge is 2.17. The fourth-order valence-electron chi connectivity index (χ4n) is 1.24. The van der Waals surface area contributed by atoms with E-state index >= 15 is 0 Å². The lowest BCUT2D eigenvalue weighted by atomic mass is 10.1. The van der Waals surface area contributed by atoms with Gasteiger partial charge in [0.05, 0.1) is 0 Å². The molecule has 2 N–H and O–H groups in total. The zero-order chi connectivity index (χ0) is 11.6. The second-order valence-corrected chi connectivity index (χ2v) is 4.76. The van der Waals surface area contributed by atoms with Crippen molar-refractivity contribution < 1.29 is 18.1 Å². The summed E-state index contributed by atoms with van der Waals surface area (Å²) in [4.78, 5) is -0.471.